The van der Waals surface area contributed by atoms with Crippen molar-refractivity contribution in [3.8, 4) is 0 Å². The van der Waals surface area contributed by atoms with Gasteiger partial charge in [0.25, 0.3) is 0 Å². The standard InChI is InChI=1S/C15H30N2O2/c1-6-8-9-10-13(18)16-12(3)11-14(19)17-15(4,5)7-2/h12H,6-11H2,1-5H3,(H,16,18)(H,17,19). The third-order valence-corrected chi connectivity index (χ3v) is 3.27. The minimum Gasteiger partial charge on any atom is -0.353 e. The molecule has 0 aliphatic rings. The maximum atomic E-state index is 11.8. The largest absolute Gasteiger partial charge is 0.353 e. The van der Waals surface area contributed by atoms with Gasteiger partial charge in [-0.3, -0.25) is 9.59 Å². The van der Waals surface area contributed by atoms with Crippen LogP contribution in [0.3, 0.4) is 0 Å². The average Bonchev–Trinajstić information content (AvgIpc) is 2.28. The highest BCUT2D eigenvalue weighted by Gasteiger charge is 2.19. The van der Waals surface area contributed by atoms with Gasteiger partial charge < -0.3 is 10.6 Å². The second kappa shape index (κ2) is 8.94. The Morgan fingerprint density at radius 3 is 2.26 bits per heavy atom. The zero-order valence-electron chi connectivity index (χ0n) is 13.1. The molecule has 0 rings (SSSR count). The molecule has 0 aromatic heterocycles. The molecule has 0 aliphatic heterocycles. The molecule has 0 aromatic carbocycles. The molecule has 0 heterocycles. The highest BCUT2D eigenvalue weighted by molar-refractivity contribution is 5.80. The Morgan fingerprint density at radius 1 is 1.11 bits per heavy atom. The van der Waals surface area contributed by atoms with Gasteiger partial charge in [0.1, 0.15) is 0 Å². The van der Waals surface area contributed by atoms with E-state index in [0.29, 0.717) is 12.8 Å². The van der Waals surface area contributed by atoms with Gasteiger partial charge in [-0.05, 0) is 33.6 Å². The smallest absolute Gasteiger partial charge is 0.222 e. The van der Waals surface area contributed by atoms with E-state index in [1.165, 1.54) is 0 Å². The summed E-state index contributed by atoms with van der Waals surface area (Å²) in [6.45, 7) is 10.0. The molecule has 2 amide bonds. The van der Waals surface area contributed by atoms with Crippen molar-refractivity contribution in [2.75, 3.05) is 0 Å². The topological polar surface area (TPSA) is 58.2 Å². The van der Waals surface area contributed by atoms with Gasteiger partial charge in [-0.2, -0.15) is 0 Å². The van der Waals surface area contributed by atoms with Crippen LogP contribution < -0.4 is 10.6 Å². The lowest BCUT2D eigenvalue weighted by Crippen LogP contribution is -2.45. The van der Waals surface area contributed by atoms with Crippen molar-refractivity contribution in [2.24, 2.45) is 0 Å². The van der Waals surface area contributed by atoms with Crippen molar-refractivity contribution >= 4 is 11.8 Å². The second-order valence-corrected chi connectivity index (χ2v) is 5.92. The number of hydrogen-bond donors (Lipinski definition) is 2. The second-order valence-electron chi connectivity index (χ2n) is 5.92. The summed E-state index contributed by atoms with van der Waals surface area (Å²) in [7, 11) is 0. The van der Waals surface area contributed by atoms with Crippen molar-refractivity contribution in [3.05, 3.63) is 0 Å². The molecule has 0 bridgehead atoms. The Hall–Kier alpha value is -1.06. The highest BCUT2D eigenvalue weighted by Crippen LogP contribution is 2.07. The van der Waals surface area contributed by atoms with Crippen LogP contribution in [0.15, 0.2) is 0 Å². The molecule has 0 radical (unpaired) electrons. The monoisotopic (exact) mass is 270 g/mol. The van der Waals surface area contributed by atoms with E-state index in [9.17, 15) is 9.59 Å². The maximum Gasteiger partial charge on any atom is 0.222 e. The van der Waals surface area contributed by atoms with Crippen LogP contribution in [0, 0.1) is 0 Å². The Morgan fingerprint density at radius 2 is 1.74 bits per heavy atom. The fourth-order valence-corrected chi connectivity index (χ4v) is 1.73. The summed E-state index contributed by atoms with van der Waals surface area (Å²) in [6, 6.07) is -0.109. The van der Waals surface area contributed by atoms with Gasteiger partial charge in [0.05, 0.1) is 0 Å². The van der Waals surface area contributed by atoms with E-state index < -0.39 is 0 Å². The van der Waals surface area contributed by atoms with Gasteiger partial charge in [0.15, 0.2) is 0 Å². The van der Waals surface area contributed by atoms with Gasteiger partial charge >= 0.3 is 0 Å². The summed E-state index contributed by atoms with van der Waals surface area (Å²) in [5.41, 5.74) is -0.179. The number of hydrogen-bond acceptors (Lipinski definition) is 2. The predicted molar refractivity (Wildman–Crippen MR) is 78.9 cm³/mol. The zero-order valence-corrected chi connectivity index (χ0v) is 13.1. The minimum atomic E-state index is -0.179. The number of carbonyl (C=O) groups excluding carboxylic acids is 2. The number of carbonyl (C=O) groups is 2. The van der Waals surface area contributed by atoms with E-state index in [2.05, 4.69) is 17.6 Å². The number of rotatable bonds is 9. The molecule has 112 valence electrons. The highest BCUT2D eigenvalue weighted by atomic mass is 16.2. The molecule has 4 heteroatoms. The van der Waals surface area contributed by atoms with Crippen molar-refractivity contribution in [2.45, 2.75) is 84.7 Å². The summed E-state index contributed by atoms with van der Waals surface area (Å²) in [6.07, 6.45) is 4.88. The van der Waals surface area contributed by atoms with E-state index in [-0.39, 0.29) is 23.4 Å². The normalized spacial score (nSPS) is 12.9. The first kappa shape index (κ1) is 17.9. The molecule has 4 nitrogen and oxygen atoms in total. The Bertz CT molecular complexity index is 288. The quantitative estimate of drug-likeness (QED) is 0.633. The van der Waals surface area contributed by atoms with Crippen LogP contribution in [-0.4, -0.2) is 23.4 Å². The molecular weight excluding hydrogens is 240 g/mol. The van der Waals surface area contributed by atoms with Crippen LogP contribution in [0.1, 0.15) is 73.1 Å². The summed E-state index contributed by atoms with van der Waals surface area (Å²) >= 11 is 0. The summed E-state index contributed by atoms with van der Waals surface area (Å²) < 4.78 is 0. The predicted octanol–water partition coefficient (Wildman–Crippen LogP) is 2.77. The third kappa shape index (κ3) is 9.51. The Kier molecular flexibility index (Phi) is 8.44. The van der Waals surface area contributed by atoms with E-state index >= 15 is 0 Å². The summed E-state index contributed by atoms with van der Waals surface area (Å²) in [4.78, 5) is 23.4. The average molecular weight is 270 g/mol. The molecular formula is C15H30N2O2. The number of amides is 2. The molecule has 19 heavy (non-hydrogen) atoms. The van der Waals surface area contributed by atoms with Crippen LogP contribution in [0.25, 0.3) is 0 Å². The van der Waals surface area contributed by atoms with Crippen molar-refractivity contribution in [1.29, 1.82) is 0 Å². The van der Waals surface area contributed by atoms with Crippen molar-refractivity contribution in [1.82, 2.24) is 10.6 Å². The van der Waals surface area contributed by atoms with E-state index in [1.807, 2.05) is 27.7 Å². The fourth-order valence-electron chi connectivity index (χ4n) is 1.73. The van der Waals surface area contributed by atoms with Crippen LogP contribution >= 0.6 is 0 Å². The van der Waals surface area contributed by atoms with Gasteiger partial charge in [-0.1, -0.05) is 26.7 Å². The number of unbranched alkanes of at least 4 members (excludes halogenated alkanes) is 2. The van der Waals surface area contributed by atoms with Gasteiger partial charge in [0, 0.05) is 24.4 Å². The molecule has 1 unspecified atom stereocenters. The van der Waals surface area contributed by atoms with Crippen LogP contribution in [0.5, 0.6) is 0 Å². The zero-order chi connectivity index (χ0) is 14.9. The third-order valence-electron chi connectivity index (χ3n) is 3.27. The first-order chi connectivity index (χ1) is 8.80. The van der Waals surface area contributed by atoms with E-state index in [4.69, 9.17) is 0 Å². The van der Waals surface area contributed by atoms with Crippen molar-refractivity contribution < 1.29 is 9.59 Å². The summed E-state index contributed by atoms with van der Waals surface area (Å²) in [5.74, 6) is 0.0386. The van der Waals surface area contributed by atoms with Crippen LogP contribution in [0.2, 0.25) is 0 Å². The molecule has 0 saturated heterocycles. The molecule has 0 aliphatic carbocycles. The lowest BCUT2D eigenvalue weighted by molar-refractivity contribution is -0.124. The fraction of sp³-hybridized carbons (Fsp3) is 0.867. The van der Waals surface area contributed by atoms with E-state index in [1.54, 1.807) is 0 Å². The van der Waals surface area contributed by atoms with Crippen LogP contribution in [-0.2, 0) is 9.59 Å². The van der Waals surface area contributed by atoms with Crippen LogP contribution in [0.4, 0.5) is 0 Å². The molecule has 0 fully saturated rings. The summed E-state index contributed by atoms with van der Waals surface area (Å²) in [5, 5.41) is 5.85. The maximum absolute atomic E-state index is 11.8. The first-order valence-corrected chi connectivity index (χ1v) is 7.41. The Labute approximate surface area is 117 Å². The van der Waals surface area contributed by atoms with Crippen molar-refractivity contribution in [3.63, 3.8) is 0 Å². The minimum absolute atomic E-state index is 0.00629. The lowest BCUT2D eigenvalue weighted by atomic mass is 10.0. The molecule has 0 spiro atoms. The molecule has 0 saturated carbocycles. The first-order valence-electron chi connectivity index (χ1n) is 7.41. The van der Waals surface area contributed by atoms with E-state index in [0.717, 1.165) is 25.7 Å². The molecule has 1 atom stereocenters. The lowest BCUT2D eigenvalue weighted by Gasteiger charge is -2.25. The van der Waals surface area contributed by atoms with Gasteiger partial charge in [-0.25, -0.2) is 0 Å². The van der Waals surface area contributed by atoms with Gasteiger partial charge in [-0.15, -0.1) is 0 Å². The molecule has 0 aromatic rings. The molecule has 2 N–H and O–H groups in total. The SMILES string of the molecule is CCCCCC(=O)NC(C)CC(=O)NC(C)(C)CC. The Balaban J connectivity index is 3.93. The van der Waals surface area contributed by atoms with Gasteiger partial charge in [0.2, 0.25) is 11.8 Å². The number of nitrogens with one attached hydrogen (secondary N) is 2.